The van der Waals surface area contributed by atoms with Crippen molar-refractivity contribution >= 4 is 36.0 Å². The first-order valence-corrected chi connectivity index (χ1v) is 10.3. The molecule has 1 aromatic heterocycles. The summed E-state index contributed by atoms with van der Waals surface area (Å²) in [6.07, 6.45) is 7.47. The molecular weight excluding hydrogens is 353 g/mol. The summed E-state index contributed by atoms with van der Waals surface area (Å²) >= 11 is 7.71. The van der Waals surface area contributed by atoms with Gasteiger partial charge in [-0.25, -0.2) is 0 Å². The average molecular weight is 378 g/mol. The molecule has 134 valence electrons. The second-order valence-corrected chi connectivity index (χ2v) is 8.44. The summed E-state index contributed by atoms with van der Waals surface area (Å²) in [6, 6.07) is 2.73. The maximum absolute atomic E-state index is 10.2. The molecule has 0 aliphatic carbocycles. The molecule has 0 spiro atoms. The number of thioether (sulfide) groups is 1. The van der Waals surface area contributed by atoms with Crippen molar-refractivity contribution in [1.29, 1.82) is 0 Å². The fourth-order valence-electron chi connectivity index (χ4n) is 4.34. The van der Waals surface area contributed by atoms with Crippen molar-refractivity contribution in [2.75, 3.05) is 5.75 Å². The van der Waals surface area contributed by atoms with Gasteiger partial charge in [0.1, 0.15) is 5.69 Å². The van der Waals surface area contributed by atoms with Gasteiger partial charge in [0.25, 0.3) is 0 Å². The first kappa shape index (κ1) is 19.0. The molecule has 4 nitrogen and oxygen atoms in total. The molecule has 0 saturated carbocycles. The zero-order chi connectivity index (χ0) is 18.0. The third-order valence-electron chi connectivity index (χ3n) is 5.35. The molecule has 2 aliphatic rings. The Balaban J connectivity index is 1.81. The van der Waals surface area contributed by atoms with Gasteiger partial charge in [0, 0.05) is 22.7 Å². The van der Waals surface area contributed by atoms with Crippen LogP contribution < -0.4 is 0 Å². The Kier molecular flexibility index (Phi) is 6.26. The van der Waals surface area contributed by atoms with Crippen LogP contribution >= 0.6 is 23.4 Å². The van der Waals surface area contributed by atoms with Crippen molar-refractivity contribution in [1.82, 2.24) is 15.0 Å². The van der Waals surface area contributed by atoms with Gasteiger partial charge in [0.15, 0.2) is 5.15 Å². The van der Waals surface area contributed by atoms with E-state index in [4.69, 9.17) is 11.6 Å². The second-order valence-electron chi connectivity index (χ2n) is 6.99. The summed E-state index contributed by atoms with van der Waals surface area (Å²) in [4.78, 5) is 3.32. The zero-order valence-corrected chi connectivity index (χ0v) is 16.3. The van der Waals surface area contributed by atoms with E-state index in [1.54, 1.807) is 11.8 Å². The number of allylic oxidation sites excluding steroid dienone is 1. The van der Waals surface area contributed by atoms with Gasteiger partial charge in [0.2, 0.25) is 0 Å². The minimum absolute atomic E-state index is 0.376. The van der Waals surface area contributed by atoms with E-state index in [1.807, 2.05) is 19.0 Å². The van der Waals surface area contributed by atoms with Gasteiger partial charge in [0.05, 0.1) is 0 Å². The fraction of sp³-hybridized carbons (Fsp3) is 0.556. The van der Waals surface area contributed by atoms with Crippen molar-refractivity contribution in [3.05, 3.63) is 36.1 Å². The standard InChI is InChI=1S/C18H25BClN3OS/c1-4-8-25-16-11-17(20)21-22-18(16)12(2)13-9-14-6-5-7-15(10-13)23(14)19(3)24/h4,11,13-15,24H,1-2,5-10H2,3H3/t13-,14-,15+. The van der Waals surface area contributed by atoms with Gasteiger partial charge >= 0.3 is 7.05 Å². The molecule has 3 rings (SSSR count). The number of hydrogen-bond acceptors (Lipinski definition) is 5. The smallest absolute Gasteiger partial charge is 0.376 e. The molecule has 0 unspecified atom stereocenters. The van der Waals surface area contributed by atoms with E-state index in [0.717, 1.165) is 47.6 Å². The van der Waals surface area contributed by atoms with Gasteiger partial charge in [-0.3, -0.25) is 0 Å². The van der Waals surface area contributed by atoms with Crippen LogP contribution in [0.1, 0.15) is 37.8 Å². The van der Waals surface area contributed by atoms with Crippen molar-refractivity contribution in [3.63, 3.8) is 0 Å². The van der Waals surface area contributed by atoms with Crippen LogP contribution in [0, 0.1) is 5.92 Å². The minimum atomic E-state index is -0.376. The molecule has 0 amide bonds. The topological polar surface area (TPSA) is 49.2 Å². The number of piperidine rings is 2. The Morgan fingerprint density at radius 3 is 2.72 bits per heavy atom. The van der Waals surface area contributed by atoms with Crippen LogP contribution in [-0.4, -0.2) is 44.9 Å². The Labute approximate surface area is 159 Å². The first-order chi connectivity index (χ1) is 12.0. The molecule has 2 saturated heterocycles. The van der Waals surface area contributed by atoms with Crippen LogP contribution in [0.15, 0.2) is 30.2 Å². The Bertz CT molecular complexity index is 643. The van der Waals surface area contributed by atoms with E-state index < -0.39 is 0 Å². The van der Waals surface area contributed by atoms with Gasteiger partial charge in [-0.1, -0.05) is 30.7 Å². The van der Waals surface area contributed by atoms with Crippen molar-refractivity contribution in [2.24, 2.45) is 5.92 Å². The molecule has 1 N–H and O–H groups in total. The van der Waals surface area contributed by atoms with Crippen LogP contribution in [-0.2, 0) is 0 Å². The highest BCUT2D eigenvalue weighted by molar-refractivity contribution is 7.99. The Hall–Kier alpha value is -0.815. The normalized spacial score (nSPS) is 26.3. The third-order valence-corrected chi connectivity index (χ3v) is 6.55. The predicted molar refractivity (Wildman–Crippen MR) is 107 cm³/mol. The number of rotatable bonds is 6. The quantitative estimate of drug-likeness (QED) is 0.458. The maximum Gasteiger partial charge on any atom is 0.376 e. The molecule has 1 aromatic rings. The van der Waals surface area contributed by atoms with Crippen molar-refractivity contribution in [2.45, 2.75) is 55.9 Å². The summed E-state index contributed by atoms with van der Waals surface area (Å²) in [7, 11) is -0.376. The molecular formula is C18H25BClN3OS. The molecule has 3 atom stereocenters. The van der Waals surface area contributed by atoms with E-state index in [2.05, 4.69) is 28.2 Å². The summed E-state index contributed by atoms with van der Waals surface area (Å²) in [6.45, 7) is 10.0. The van der Waals surface area contributed by atoms with Crippen LogP contribution in [0.25, 0.3) is 5.57 Å². The lowest BCUT2D eigenvalue weighted by Gasteiger charge is -2.50. The molecule has 25 heavy (non-hydrogen) atoms. The Morgan fingerprint density at radius 2 is 2.12 bits per heavy atom. The minimum Gasteiger partial charge on any atom is -0.437 e. The Morgan fingerprint density at radius 1 is 1.44 bits per heavy atom. The lowest BCUT2D eigenvalue weighted by molar-refractivity contribution is 0.0856. The molecule has 2 aliphatic heterocycles. The zero-order valence-electron chi connectivity index (χ0n) is 14.7. The highest BCUT2D eigenvalue weighted by Gasteiger charge is 2.42. The second kappa shape index (κ2) is 8.25. The van der Waals surface area contributed by atoms with E-state index in [9.17, 15) is 5.02 Å². The molecule has 0 aromatic carbocycles. The summed E-state index contributed by atoms with van der Waals surface area (Å²) in [5, 5.41) is 19.0. The van der Waals surface area contributed by atoms with Crippen LogP contribution in [0.2, 0.25) is 12.0 Å². The number of hydrogen-bond donors (Lipinski definition) is 1. The van der Waals surface area contributed by atoms with E-state index in [-0.39, 0.29) is 7.05 Å². The molecule has 2 fully saturated rings. The summed E-state index contributed by atoms with van der Waals surface area (Å²) in [5.74, 6) is 1.18. The monoisotopic (exact) mass is 377 g/mol. The van der Waals surface area contributed by atoms with Gasteiger partial charge in [-0.2, -0.15) is 0 Å². The van der Waals surface area contributed by atoms with Gasteiger partial charge < -0.3 is 9.83 Å². The number of fused-ring (bicyclic) bond motifs is 2. The highest BCUT2D eigenvalue weighted by atomic mass is 35.5. The number of aromatic nitrogens is 2. The summed E-state index contributed by atoms with van der Waals surface area (Å²) < 4.78 is 0. The fourth-order valence-corrected chi connectivity index (χ4v) is 5.35. The lowest BCUT2D eigenvalue weighted by Crippen LogP contribution is -2.57. The maximum atomic E-state index is 10.2. The first-order valence-electron chi connectivity index (χ1n) is 8.92. The van der Waals surface area contributed by atoms with Crippen molar-refractivity contribution < 1.29 is 5.02 Å². The van der Waals surface area contributed by atoms with Crippen LogP contribution in [0.4, 0.5) is 0 Å². The average Bonchev–Trinajstić information content (AvgIpc) is 2.58. The van der Waals surface area contributed by atoms with Gasteiger partial charge in [-0.05, 0) is 50.1 Å². The predicted octanol–water partition coefficient (Wildman–Crippen LogP) is 4.16. The van der Waals surface area contributed by atoms with E-state index in [0.29, 0.717) is 23.2 Å². The van der Waals surface area contributed by atoms with Crippen LogP contribution in [0.3, 0.4) is 0 Å². The lowest BCUT2D eigenvalue weighted by atomic mass is 9.68. The van der Waals surface area contributed by atoms with Gasteiger partial charge in [-0.15, -0.1) is 28.5 Å². The van der Waals surface area contributed by atoms with E-state index >= 15 is 0 Å². The van der Waals surface area contributed by atoms with Crippen molar-refractivity contribution in [3.8, 4) is 0 Å². The molecule has 7 heteroatoms. The largest absolute Gasteiger partial charge is 0.437 e. The molecule has 3 heterocycles. The third kappa shape index (κ3) is 4.13. The SMILES string of the molecule is C=CCSc1cc(Cl)nnc1C(=C)[C@@H]1C[C@H]2CCC[C@@H](C1)N2B(C)O. The summed E-state index contributed by atoms with van der Waals surface area (Å²) in [5.41, 5.74) is 1.92. The molecule has 0 radical (unpaired) electrons. The highest BCUT2D eigenvalue weighted by Crippen LogP contribution is 2.43. The number of nitrogens with zero attached hydrogens (tertiary/aromatic N) is 3. The van der Waals surface area contributed by atoms with E-state index in [1.165, 1.54) is 6.42 Å². The van der Waals surface area contributed by atoms with Crippen LogP contribution in [0.5, 0.6) is 0 Å². The number of halogens is 1. The molecule has 2 bridgehead atoms.